The van der Waals surface area contributed by atoms with Gasteiger partial charge in [-0.2, -0.15) is 0 Å². The van der Waals surface area contributed by atoms with Gasteiger partial charge in [-0.25, -0.2) is 17.5 Å². The van der Waals surface area contributed by atoms with E-state index in [1.165, 1.54) is 12.1 Å². The van der Waals surface area contributed by atoms with E-state index in [0.29, 0.717) is 12.8 Å². The highest BCUT2D eigenvalue weighted by Crippen LogP contribution is 2.31. The van der Waals surface area contributed by atoms with Gasteiger partial charge in [0, 0.05) is 6.54 Å². The van der Waals surface area contributed by atoms with Gasteiger partial charge in [-0.3, -0.25) is 0 Å². The van der Waals surface area contributed by atoms with E-state index in [4.69, 9.17) is 5.73 Å². The fourth-order valence-corrected chi connectivity index (χ4v) is 2.88. The van der Waals surface area contributed by atoms with Crippen LogP contribution in [0.5, 0.6) is 0 Å². The highest BCUT2D eigenvalue weighted by atomic mass is 32.2. The molecule has 1 saturated carbocycles. The first-order valence-electron chi connectivity index (χ1n) is 5.60. The van der Waals surface area contributed by atoms with Crippen molar-refractivity contribution in [2.75, 3.05) is 12.3 Å². The molecule has 100 valence electrons. The third kappa shape index (κ3) is 2.63. The molecule has 1 aromatic carbocycles. The second-order valence-electron chi connectivity index (χ2n) is 4.59. The van der Waals surface area contributed by atoms with E-state index in [-0.39, 0.29) is 17.1 Å². The van der Waals surface area contributed by atoms with Crippen LogP contribution in [0.25, 0.3) is 0 Å². The van der Waals surface area contributed by atoms with Crippen molar-refractivity contribution < 1.29 is 17.9 Å². The molecule has 0 atom stereocenters. The highest BCUT2D eigenvalue weighted by Gasteiger charge is 2.35. The maximum absolute atomic E-state index is 13.2. The predicted octanol–water partition coefficient (Wildman–Crippen LogP) is 0.601. The Hall–Kier alpha value is -1.18. The molecule has 0 aromatic heterocycles. The molecular weight excluding hydrogens is 259 g/mol. The quantitative estimate of drug-likeness (QED) is 0.701. The summed E-state index contributed by atoms with van der Waals surface area (Å²) >= 11 is 0. The number of halogens is 1. The van der Waals surface area contributed by atoms with Crippen molar-refractivity contribution in [2.45, 2.75) is 29.8 Å². The van der Waals surface area contributed by atoms with E-state index in [2.05, 4.69) is 4.72 Å². The molecule has 1 aliphatic rings. The van der Waals surface area contributed by atoms with Crippen molar-refractivity contribution >= 4 is 15.7 Å². The zero-order valence-electron chi connectivity index (χ0n) is 9.69. The van der Waals surface area contributed by atoms with Gasteiger partial charge in [0.1, 0.15) is 5.82 Å². The van der Waals surface area contributed by atoms with E-state index in [1.807, 2.05) is 0 Å². The summed E-state index contributed by atoms with van der Waals surface area (Å²) in [5, 5.41) is 9.80. The van der Waals surface area contributed by atoms with Gasteiger partial charge in [0.05, 0.1) is 16.2 Å². The number of hydrogen-bond acceptors (Lipinski definition) is 4. The standard InChI is InChI=1S/C11H15FN2O3S/c12-9-6-8(2-3-10(9)13)18(16,17)14-7-11(15)4-1-5-11/h2-3,6,14-15H,1,4-5,7,13H2. The molecular formula is C11H15FN2O3S. The summed E-state index contributed by atoms with van der Waals surface area (Å²) in [7, 11) is -3.81. The lowest BCUT2D eigenvalue weighted by molar-refractivity contribution is -0.0270. The number of rotatable bonds is 4. The Labute approximate surface area is 105 Å². The van der Waals surface area contributed by atoms with Crippen LogP contribution in [0.15, 0.2) is 23.1 Å². The van der Waals surface area contributed by atoms with Gasteiger partial charge in [-0.15, -0.1) is 0 Å². The molecule has 0 spiro atoms. The predicted molar refractivity (Wildman–Crippen MR) is 64.8 cm³/mol. The van der Waals surface area contributed by atoms with E-state index < -0.39 is 21.4 Å². The number of benzene rings is 1. The van der Waals surface area contributed by atoms with E-state index in [1.54, 1.807) is 0 Å². The summed E-state index contributed by atoms with van der Waals surface area (Å²) < 4.78 is 39.2. The van der Waals surface area contributed by atoms with E-state index >= 15 is 0 Å². The van der Waals surface area contributed by atoms with Crippen molar-refractivity contribution in [3.8, 4) is 0 Å². The van der Waals surface area contributed by atoms with Gasteiger partial charge in [-0.1, -0.05) is 0 Å². The van der Waals surface area contributed by atoms with Crippen molar-refractivity contribution in [1.29, 1.82) is 0 Å². The fraction of sp³-hybridized carbons (Fsp3) is 0.455. The van der Waals surface area contributed by atoms with Crippen molar-refractivity contribution in [2.24, 2.45) is 0 Å². The van der Waals surface area contributed by atoms with Gasteiger partial charge >= 0.3 is 0 Å². The number of nitrogen functional groups attached to an aromatic ring is 1. The van der Waals surface area contributed by atoms with Gasteiger partial charge in [0.25, 0.3) is 0 Å². The van der Waals surface area contributed by atoms with Crippen LogP contribution in [0.4, 0.5) is 10.1 Å². The SMILES string of the molecule is Nc1ccc(S(=O)(=O)NCC2(O)CCC2)cc1F. The summed E-state index contributed by atoms with van der Waals surface area (Å²) in [4.78, 5) is -0.197. The number of nitrogens with two attached hydrogens (primary N) is 1. The lowest BCUT2D eigenvalue weighted by Gasteiger charge is -2.36. The summed E-state index contributed by atoms with van der Waals surface area (Å²) in [5.74, 6) is -0.778. The minimum Gasteiger partial charge on any atom is -0.396 e. The molecule has 0 saturated heterocycles. The van der Waals surface area contributed by atoms with Crippen molar-refractivity contribution in [1.82, 2.24) is 4.72 Å². The van der Waals surface area contributed by atoms with E-state index in [9.17, 15) is 17.9 Å². The molecule has 7 heteroatoms. The molecule has 0 unspecified atom stereocenters. The average molecular weight is 274 g/mol. The molecule has 0 amide bonds. The molecule has 0 aliphatic heterocycles. The Morgan fingerprint density at radius 1 is 1.44 bits per heavy atom. The molecule has 0 radical (unpaired) electrons. The van der Waals surface area contributed by atoms with Crippen LogP contribution in [0, 0.1) is 5.82 Å². The molecule has 2 rings (SSSR count). The first-order chi connectivity index (χ1) is 8.32. The Morgan fingerprint density at radius 2 is 2.11 bits per heavy atom. The van der Waals surface area contributed by atoms with Gasteiger partial charge in [-0.05, 0) is 37.5 Å². The number of anilines is 1. The minimum absolute atomic E-state index is 0.0542. The maximum atomic E-state index is 13.2. The van der Waals surface area contributed by atoms with Crippen LogP contribution < -0.4 is 10.5 Å². The van der Waals surface area contributed by atoms with Crippen LogP contribution >= 0.6 is 0 Å². The number of nitrogens with one attached hydrogen (secondary N) is 1. The molecule has 0 heterocycles. The Balaban J connectivity index is 2.12. The maximum Gasteiger partial charge on any atom is 0.240 e. The van der Waals surface area contributed by atoms with Crippen LogP contribution in [0.2, 0.25) is 0 Å². The molecule has 1 fully saturated rings. The zero-order valence-corrected chi connectivity index (χ0v) is 10.5. The Bertz CT molecular complexity index is 555. The molecule has 5 nitrogen and oxygen atoms in total. The number of aliphatic hydroxyl groups is 1. The minimum atomic E-state index is -3.81. The lowest BCUT2D eigenvalue weighted by Crippen LogP contribution is -2.47. The first kappa shape index (κ1) is 13.3. The molecule has 18 heavy (non-hydrogen) atoms. The van der Waals surface area contributed by atoms with Crippen LogP contribution in [-0.4, -0.2) is 25.7 Å². The van der Waals surface area contributed by atoms with Crippen LogP contribution in [0.1, 0.15) is 19.3 Å². The van der Waals surface area contributed by atoms with Gasteiger partial charge in [0.2, 0.25) is 10.0 Å². The summed E-state index contributed by atoms with van der Waals surface area (Å²) in [5.41, 5.74) is 4.21. The van der Waals surface area contributed by atoms with Gasteiger partial charge in [0.15, 0.2) is 0 Å². The first-order valence-corrected chi connectivity index (χ1v) is 7.08. The third-order valence-electron chi connectivity index (χ3n) is 3.16. The normalized spacial score (nSPS) is 18.3. The largest absolute Gasteiger partial charge is 0.396 e. The molecule has 1 aliphatic carbocycles. The van der Waals surface area contributed by atoms with E-state index in [0.717, 1.165) is 12.5 Å². The topological polar surface area (TPSA) is 92.4 Å². The Morgan fingerprint density at radius 3 is 2.61 bits per heavy atom. The monoisotopic (exact) mass is 274 g/mol. The van der Waals surface area contributed by atoms with Crippen molar-refractivity contribution in [3.05, 3.63) is 24.0 Å². The zero-order chi connectivity index (χ0) is 13.4. The smallest absolute Gasteiger partial charge is 0.240 e. The second kappa shape index (κ2) is 4.49. The number of hydrogen-bond donors (Lipinski definition) is 3. The number of sulfonamides is 1. The molecule has 0 bridgehead atoms. The highest BCUT2D eigenvalue weighted by molar-refractivity contribution is 7.89. The van der Waals surface area contributed by atoms with Crippen LogP contribution in [0.3, 0.4) is 0 Å². The van der Waals surface area contributed by atoms with Crippen LogP contribution in [-0.2, 0) is 10.0 Å². The third-order valence-corrected chi connectivity index (χ3v) is 4.56. The molecule has 1 aromatic rings. The molecule has 4 N–H and O–H groups in total. The second-order valence-corrected chi connectivity index (χ2v) is 6.35. The fourth-order valence-electron chi connectivity index (χ4n) is 1.75. The summed E-state index contributed by atoms with van der Waals surface area (Å²) in [6.07, 6.45) is 2.03. The summed E-state index contributed by atoms with van der Waals surface area (Å²) in [6.45, 7) is -0.0542. The Kier molecular flexibility index (Phi) is 3.31. The average Bonchev–Trinajstić information content (AvgIpc) is 2.27. The lowest BCUT2D eigenvalue weighted by atomic mass is 9.81. The van der Waals surface area contributed by atoms with Crippen molar-refractivity contribution in [3.63, 3.8) is 0 Å². The summed E-state index contributed by atoms with van der Waals surface area (Å²) in [6, 6.07) is 3.29. The van der Waals surface area contributed by atoms with Gasteiger partial charge < -0.3 is 10.8 Å².